The molecule has 10 heteroatoms. The summed E-state index contributed by atoms with van der Waals surface area (Å²) in [5.74, 6) is -5.57. The van der Waals surface area contributed by atoms with Crippen molar-refractivity contribution in [3.05, 3.63) is 45.9 Å². The fourth-order valence-corrected chi connectivity index (χ4v) is 5.85. The van der Waals surface area contributed by atoms with Crippen molar-refractivity contribution >= 4 is 30.1 Å². The molecule has 0 radical (unpaired) electrons. The summed E-state index contributed by atoms with van der Waals surface area (Å²) in [6.45, 7) is 7.69. The smallest absolute Gasteiger partial charge is 0.495 e. The third-order valence-corrected chi connectivity index (χ3v) is 8.31. The van der Waals surface area contributed by atoms with Crippen LogP contribution in [0.25, 0.3) is 0 Å². The normalized spacial score (nSPS) is 29.1. The number of rotatable bonds is 2. The number of carbonyl (C=O) groups excluding carboxylic acids is 3. The number of aliphatic hydroxyl groups excluding tert-OH is 2. The summed E-state index contributed by atoms with van der Waals surface area (Å²) in [6, 6.07) is 3.08. The van der Waals surface area contributed by atoms with Crippen LogP contribution in [0.4, 0.5) is 0 Å². The number of phenols is 1. The Kier molecular flexibility index (Phi) is 5.03. The van der Waals surface area contributed by atoms with Crippen molar-refractivity contribution in [1.29, 1.82) is 0 Å². The number of aliphatic hydroxyl groups is 2. The number of ketones is 2. The second-order valence-corrected chi connectivity index (χ2v) is 10.9. The van der Waals surface area contributed by atoms with Crippen molar-refractivity contribution in [3.63, 3.8) is 0 Å². The first-order chi connectivity index (χ1) is 16.2. The van der Waals surface area contributed by atoms with E-state index in [1.54, 1.807) is 6.07 Å². The zero-order valence-electron chi connectivity index (χ0n) is 20.0. The lowest BCUT2D eigenvalue weighted by atomic mass is 9.60. The Morgan fingerprint density at radius 1 is 1.06 bits per heavy atom. The van der Waals surface area contributed by atoms with Crippen molar-refractivity contribution in [2.24, 2.45) is 23.5 Å². The molecule has 1 aliphatic heterocycles. The number of nitrogens with two attached hydrogens (primary N) is 1. The molecule has 3 atom stereocenters. The minimum Gasteiger partial charge on any atom is -0.511 e. The quantitative estimate of drug-likeness (QED) is 0.368. The van der Waals surface area contributed by atoms with Gasteiger partial charge in [0.15, 0.2) is 11.6 Å². The average Bonchev–Trinajstić information content (AvgIpc) is 2.93. The largest absolute Gasteiger partial charge is 0.511 e. The van der Waals surface area contributed by atoms with Gasteiger partial charge in [0.1, 0.15) is 22.8 Å². The van der Waals surface area contributed by atoms with Crippen LogP contribution < -0.4 is 11.2 Å². The molecule has 5 rings (SSSR count). The molecule has 1 saturated heterocycles. The Hall–Kier alpha value is -3.11. The van der Waals surface area contributed by atoms with Crippen LogP contribution in [0, 0.1) is 17.8 Å². The lowest BCUT2D eigenvalue weighted by Gasteiger charge is -2.41. The molecular weight excluding hydrogens is 453 g/mol. The molecule has 4 aliphatic rings. The summed E-state index contributed by atoms with van der Waals surface area (Å²) in [4.78, 5) is 38.3. The molecule has 1 fully saturated rings. The van der Waals surface area contributed by atoms with Crippen LogP contribution in [0.1, 0.15) is 56.5 Å². The standard InChI is InChI=1S/C25H28BNO8/c1-24(2)25(3,4)35-26(34-24)13-5-6-14(28)18-12(13)8-10-7-11-9-15(29)19(23(27)33)22(32)17(11)20(30)16(10)21(18)31/h5-6,10-11,17,28-30H,7-9H2,1-4H3,(H2,27,33). The van der Waals surface area contributed by atoms with Gasteiger partial charge in [-0.1, -0.05) is 6.07 Å². The molecule has 1 amide bonds. The molecule has 9 nitrogen and oxygen atoms in total. The van der Waals surface area contributed by atoms with E-state index >= 15 is 0 Å². The highest BCUT2D eigenvalue weighted by molar-refractivity contribution is 6.63. The molecule has 0 aromatic heterocycles. The van der Waals surface area contributed by atoms with Crippen LogP contribution in [0.2, 0.25) is 0 Å². The SMILES string of the molecule is CC1(C)OB(c2ccc(O)c3c2CC2CC4CC(O)=C(C(N)=O)C(=O)C4C(O)=C2C3=O)OC1(C)C. The highest BCUT2D eigenvalue weighted by atomic mass is 16.7. The zero-order chi connectivity index (χ0) is 25.6. The van der Waals surface area contributed by atoms with E-state index < -0.39 is 70.6 Å². The zero-order valence-corrected chi connectivity index (χ0v) is 20.0. The number of carbonyl (C=O) groups is 3. The monoisotopic (exact) mass is 481 g/mol. The molecular formula is C25H28BNO8. The van der Waals surface area contributed by atoms with Gasteiger partial charge >= 0.3 is 7.12 Å². The number of hydrogen-bond acceptors (Lipinski definition) is 8. The number of benzene rings is 1. The summed E-state index contributed by atoms with van der Waals surface area (Å²) < 4.78 is 12.4. The number of phenolic OH excluding ortho intramolecular Hbond substituents is 1. The van der Waals surface area contributed by atoms with Gasteiger partial charge in [-0.05, 0) is 69.5 Å². The van der Waals surface area contributed by atoms with E-state index in [0.717, 1.165) is 0 Å². The average molecular weight is 481 g/mol. The first-order valence-electron chi connectivity index (χ1n) is 11.7. The molecule has 1 aromatic rings. The van der Waals surface area contributed by atoms with E-state index in [-0.39, 0.29) is 23.3 Å². The summed E-state index contributed by atoms with van der Waals surface area (Å²) in [6.07, 6.45) is 0.627. The van der Waals surface area contributed by atoms with Gasteiger partial charge in [-0.2, -0.15) is 0 Å². The van der Waals surface area contributed by atoms with Crippen LogP contribution in [-0.2, 0) is 25.3 Å². The number of primary amides is 1. The molecule has 1 aromatic carbocycles. The van der Waals surface area contributed by atoms with Crippen LogP contribution in [0.15, 0.2) is 34.8 Å². The van der Waals surface area contributed by atoms with Crippen LogP contribution in [0.3, 0.4) is 0 Å². The van der Waals surface area contributed by atoms with Gasteiger partial charge < -0.3 is 30.4 Å². The molecule has 0 saturated carbocycles. The van der Waals surface area contributed by atoms with Crippen molar-refractivity contribution in [1.82, 2.24) is 0 Å². The minimum atomic E-state index is -1.14. The van der Waals surface area contributed by atoms with E-state index in [0.29, 0.717) is 23.9 Å². The van der Waals surface area contributed by atoms with Crippen molar-refractivity contribution in [2.75, 3.05) is 0 Å². The second-order valence-electron chi connectivity index (χ2n) is 10.9. The van der Waals surface area contributed by atoms with Gasteiger partial charge in [0, 0.05) is 12.0 Å². The maximum Gasteiger partial charge on any atom is 0.495 e. The lowest BCUT2D eigenvalue weighted by Crippen LogP contribution is -2.45. The predicted octanol–water partition coefficient (Wildman–Crippen LogP) is 1.76. The molecule has 1 heterocycles. The highest BCUT2D eigenvalue weighted by Gasteiger charge is 2.54. The Labute approximate surface area is 202 Å². The van der Waals surface area contributed by atoms with Gasteiger partial charge in [-0.15, -0.1) is 0 Å². The van der Waals surface area contributed by atoms with E-state index in [4.69, 9.17) is 15.0 Å². The van der Waals surface area contributed by atoms with E-state index in [1.165, 1.54) is 6.07 Å². The Balaban J connectivity index is 1.60. The fourth-order valence-electron chi connectivity index (χ4n) is 5.85. The Bertz CT molecular complexity index is 1240. The number of Topliss-reactive ketones (excluding diaryl/α,β-unsaturated/α-hetero) is 2. The van der Waals surface area contributed by atoms with Crippen LogP contribution in [-0.4, -0.2) is 51.1 Å². The molecule has 35 heavy (non-hydrogen) atoms. The van der Waals surface area contributed by atoms with Crippen molar-refractivity contribution in [3.8, 4) is 5.75 Å². The highest BCUT2D eigenvalue weighted by Crippen LogP contribution is 2.49. The van der Waals surface area contributed by atoms with E-state index in [9.17, 15) is 29.7 Å². The molecule has 0 spiro atoms. The number of amides is 1. The topological polar surface area (TPSA) is 156 Å². The Morgan fingerprint density at radius 3 is 2.29 bits per heavy atom. The van der Waals surface area contributed by atoms with Gasteiger partial charge in [-0.25, -0.2) is 0 Å². The molecule has 5 N–H and O–H groups in total. The van der Waals surface area contributed by atoms with E-state index in [2.05, 4.69) is 0 Å². The number of hydrogen-bond donors (Lipinski definition) is 4. The summed E-state index contributed by atoms with van der Waals surface area (Å²) in [7, 11) is -0.751. The lowest BCUT2D eigenvalue weighted by molar-refractivity contribution is -0.126. The minimum absolute atomic E-state index is 0.00626. The summed E-state index contributed by atoms with van der Waals surface area (Å²) in [5, 5.41) is 32.0. The predicted molar refractivity (Wildman–Crippen MR) is 125 cm³/mol. The Morgan fingerprint density at radius 2 is 1.69 bits per heavy atom. The number of fused-ring (bicyclic) bond motifs is 3. The first-order valence-corrected chi connectivity index (χ1v) is 11.7. The summed E-state index contributed by atoms with van der Waals surface area (Å²) in [5.41, 5.74) is 4.84. The van der Waals surface area contributed by atoms with Crippen LogP contribution in [0.5, 0.6) is 5.75 Å². The number of aromatic hydroxyl groups is 1. The van der Waals surface area contributed by atoms with Gasteiger partial charge in [0.25, 0.3) is 5.91 Å². The molecule has 3 aliphatic carbocycles. The third kappa shape index (κ3) is 3.26. The second kappa shape index (κ2) is 7.45. The van der Waals surface area contributed by atoms with Gasteiger partial charge in [0.05, 0.1) is 22.7 Å². The number of allylic oxidation sites excluding steroid dienone is 3. The summed E-state index contributed by atoms with van der Waals surface area (Å²) >= 11 is 0. The maximum atomic E-state index is 13.6. The molecule has 0 bridgehead atoms. The molecule has 184 valence electrons. The van der Waals surface area contributed by atoms with Crippen molar-refractivity contribution < 1.29 is 39.0 Å². The first kappa shape index (κ1) is 23.6. The van der Waals surface area contributed by atoms with Crippen LogP contribution >= 0.6 is 0 Å². The maximum absolute atomic E-state index is 13.6. The third-order valence-electron chi connectivity index (χ3n) is 8.31. The van der Waals surface area contributed by atoms with E-state index in [1.807, 2.05) is 27.7 Å². The van der Waals surface area contributed by atoms with Gasteiger partial charge in [-0.3, -0.25) is 14.4 Å². The molecule has 3 unspecified atom stereocenters. The van der Waals surface area contributed by atoms with Gasteiger partial charge in [0.2, 0.25) is 0 Å². The van der Waals surface area contributed by atoms with Crippen molar-refractivity contribution in [2.45, 2.75) is 58.2 Å². The fraction of sp³-hybridized carbons (Fsp3) is 0.480.